The normalized spacial score (nSPS) is 17.7. The van der Waals surface area contributed by atoms with E-state index in [4.69, 9.17) is 5.26 Å². The van der Waals surface area contributed by atoms with Crippen LogP contribution in [0, 0.1) is 11.3 Å². The first-order valence-corrected chi connectivity index (χ1v) is 9.09. The average molecular weight is 334 g/mol. The molecule has 3 rings (SSSR count). The second-order valence-electron chi connectivity index (χ2n) is 6.93. The van der Waals surface area contributed by atoms with E-state index in [2.05, 4.69) is 65.4 Å². The highest BCUT2D eigenvalue weighted by molar-refractivity contribution is 5.42. The number of hydrogen-bond donors (Lipinski definition) is 1. The topological polar surface area (TPSA) is 52.0 Å². The molecule has 1 aliphatic rings. The van der Waals surface area contributed by atoms with Gasteiger partial charge in [-0.25, -0.2) is 4.98 Å². The van der Waals surface area contributed by atoms with Gasteiger partial charge in [-0.15, -0.1) is 0 Å². The molecule has 25 heavy (non-hydrogen) atoms. The highest BCUT2D eigenvalue weighted by Gasteiger charge is 2.23. The fourth-order valence-electron chi connectivity index (χ4n) is 3.48. The Morgan fingerprint density at radius 1 is 1.12 bits per heavy atom. The highest BCUT2D eigenvalue weighted by Crippen LogP contribution is 2.22. The molecule has 1 N–H and O–H groups in total. The van der Waals surface area contributed by atoms with E-state index in [1.807, 2.05) is 12.1 Å². The minimum Gasteiger partial charge on any atom is -0.357 e. The SMILES string of the molecule is CC(NC1CCN(c2ccc(C#N)cn2)CC1)C(C)c1ccccc1. The van der Waals surface area contributed by atoms with Gasteiger partial charge < -0.3 is 10.2 Å². The first-order chi connectivity index (χ1) is 12.2. The predicted octanol–water partition coefficient (Wildman–Crippen LogP) is 3.70. The molecule has 0 spiro atoms. The van der Waals surface area contributed by atoms with Crippen molar-refractivity contribution < 1.29 is 0 Å². The van der Waals surface area contributed by atoms with Crippen LogP contribution in [0.3, 0.4) is 0 Å². The monoisotopic (exact) mass is 334 g/mol. The molecule has 2 atom stereocenters. The molecular formula is C21H26N4. The van der Waals surface area contributed by atoms with Crippen molar-refractivity contribution in [1.29, 1.82) is 5.26 Å². The average Bonchev–Trinajstić information content (AvgIpc) is 2.68. The van der Waals surface area contributed by atoms with Crippen LogP contribution in [0.1, 0.15) is 43.7 Å². The lowest BCUT2D eigenvalue weighted by molar-refractivity contribution is 0.354. The first-order valence-electron chi connectivity index (χ1n) is 9.09. The minimum atomic E-state index is 0.451. The van der Waals surface area contributed by atoms with Gasteiger partial charge in [-0.05, 0) is 43.4 Å². The lowest BCUT2D eigenvalue weighted by Crippen LogP contribution is -2.47. The van der Waals surface area contributed by atoms with Crippen molar-refractivity contribution in [3.05, 3.63) is 59.8 Å². The van der Waals surface area contributed by atoms with Crippen LogP contribution in [-0.4, -0.2) is 30.2 Å². The van der Waals surface area contributed by atoms with Crippen molar-refractivity contribution in [2.24, 2.45) is 0 Å². The summed E-state index contributed by atoms with van der Waals surface area (Å²) in [5.41, 5.74) is 2.01. The molecule has 1 aliphatic heterocycles. The van der Waals surface area contributed by atoms with E-state index < -0.39 is 0 Å². The Labute approximate surface area is 150 Å². The van der Waals surface area contributed by atoms with Gasteiger partial charge in [0, 0.05) is 31.4 Å². The third kappa shape index (κ3) is 4.37. The van der Waals surface area contributed by atoms with Crippen molar-refractivity contribution in [1.82, 2.24) is 10.3 Å². The van der Waals surface area contributed by atoms with Gasteiger partial charge in [0.05, 0.1) is 5.56 Å². The molecule has 1 saturated heterocycles. The van der Waals surface area contributed by atoms with E-state index in [-0.39, 0.29) is 0 Å². The fraction of sp³-hybridized carbons (Fsp3) is 0.429. The zero-order valence-electron chi connectivity index (χ0n) is 15.0. The maximum absolute atomic E-state index is 8.87. The second-order valence-corrected chi connectivity index (χ2v) is 6.93. The molecular weight excluding hydrogens is 308 g/mol. The van der Waals surface area contributed by atoms with Crippen LogP contribution in [0.15, 0.2) is 48.7 Å². The molecule has 0 bridgehead atoms. The number of nitrogens with zero attached hydrogens (tertiary/aromatic N) is 3. The Morgan fingerprint density at radius 3 is 2.44 bits per heavy atom. The Hall–Kier alpha value is -2.38. The van der Waals surface area contributed by atoms with Gasteiger partial charge in [0.15, 0.2) is 0 Å². The molecule has 0 saturated carbocycles. The quantitative estimate of drug-likeness (QED) is 0.906. The van der Waals surface area contributed by atoms with E-state index in [1.54, 1.807) is 6.20 Å². The van der Waals surface area contributed by atoms with Crippen LogP contribution in [0.5, 0.6) is 0 Å². The lowest BCUT2D eigenvalue weighted by atomic mass is 9.93. The van der Waals surface area contributed by atoms with Crippen LogP contribution in [0.25, 0.3) is 0 Å². The van der Waals surface area contributed by atoms with Gasteiger partial charge in [0.25, 0.3) is 0 Å². The van der Waals surface area contributed by atoms with E-state index >= 15 is 0 Å². The Kier molecular flexibility index (Phi) is 5.67. The number of pyridine rings is 1. The van der Waals surface area contributed by atoms with E-state index in [0.717, 1.165) is 31.7 Å². The second kappa shape index (κ2) is 8.13. The summed E-state index contributed by atoms with van der Waals surface area (Å²) >= 11 is 0. The summed E-state index contributed by atoms with van der Waals surface area (Å²) in [5, 5.41) is 12.7. The number of aromatic nitrogens is 1. The summed E-state index contributed by atoms with van der Waals surface area (Å²) in [6, 6.07) is 17.6. The summed E-state index contributed by atoms with van der Waals surface area (Å²) < 4.78 is 0. The first kappa shape index (κ1) is 17.4. The highest BCUT2D eigenvalue weighted by atomic mass is 15.2. The molecule has 2 heterocycles. The van der Waals surface area contributed by atoms with E-state index in [0.29, 0.717) is 23.6 Å². The Bertz CT molecular complexity index is 697. The number of piperidine rings is 1. The van der Waals surface area contributed by atoms with Crippen LogP contribution < -0.4 is 10.2 Å². The van der Waals surface area contributed by atoms with Crippen molar-refractivity contribution in [3.63, 3.8) is 0 Å². The third-order valence-corrected chi connectivity index (χ3v) is 5.27. The number of rotatable bonds is 5. The number of nitrogens with one attached hydrogen (secondary N) is 1. The lowest BCUT2D eigenvalue weighted by Gasteiger charge is -2.35. The maximum Gasteiger partial charge on any atom is 0.128 e. The van der Waals surface area contributed by atoms with Gasteiger partial charge in [-0.3, -0.25) is 0 Å². The van der Waals surface area contributed by atoms with Crippen molar-refractivity contribution >= 4 is 5.82 Å². The summed E-state index contributed by atoms with van der Waals surface area (Å²) in [4.78, 5) is 6.72. The molecule has 0 aliphatic carbocycles. The molecule has 0 radical (unpaired) electrons. The zero-order valence-corrected chi connectivity index (χ0v) is 15.0. The Balaban J connectivity index is 1.51. The van der Waals surface area contributed by atoms with Crippen LogP contribution in [0.2, 0.25) is 0 Å². The van der Waals surface area contributed by atoms with E-state index in [9.17, 15) is 0 Å². The summed E-state index contributed by atoms with van der Waals surface area (Å²) in [6.07, 6.45) is 3.89. The molecule has 4 nitrogen and oxygen atoms in total. The van der Waals surface area contributed by atoms with Crippen LogP contribution in [-0.2, 0) is 0 Å². The number of hydrogen-bond acceptors (Lipinski definition) is 4. The fourth-order valence-corrected chi connectivity index (χ4v) is 3.48. The van der Waals surface area contributed by atoms with Crippen LogP contribution >= 0.6 is 0 Å². The van der Waals surface area contributed by atoms with Crippen LogP contribution in [0.4, 0.5) is 5.82 Å². The molecule has 2 aromatic rings. The van der Waals surface area contributed by atoms with Gasteiger partial charge in [0.1, 0.15) is 11.9 Å². The molecule has 130 valence electrons. The molecule has 2 unspecified atom stereocenters. The Morgan fingerprint density at radius 2 is 1.84 bits per heavy atom. The summed E-state index contributed by atoms with van der Waals surface area (Å²) in [6.45, 7) is 6.58. The van der Waals surface area contributed by atoms with Gasteiger partial charge in [-0.2, -0.15) is 5.26 Å². The van der Waals surface area contributed by atoms with Crippen molar-refractivity contribution in [3.8, 4) is 6.07 Å². The minimum absolute atomic E-state index is 0.451. The smallest absolute Gasteiger partial charge is 0.128 e. The van der Waals surface area contributed by atoms with Gasteiger partial charge in [0.2, 0.25) is 0 Å². The standard InChI is InChI=1S/C21H26N4/c1-16(19-6-4-3-5-7-19)17(2)24-20-10-12-25(13-11-20)21-9-8-18(14-22)15-23-21/h3-9,15-17,20,24H,10-13H2,1-2H3. The van der Waals surface area contributed by atoms with E-state index in [1.165, 1.54) is 5.56 Å². The number of benzene rings is 1. The maximum atomic E-state index is 8.87. The van der Waals surface area contributed by atoms with Crippen molar-refractivity contribution in [2.45, 2.75) is 44.7 Å². The predicted molar refractivity (Wildman–Crippen MR) is 102 cm³/mol. The zero-order chi connectivity index (χ0) is 17.6. The molecule has 1 aromatic carbocycles. The third-order valence-electron chi connectivity index (χ3n) is 5.27. The number of anilines is 1. The molecule has 1 aromatic heterocycles. The molecule has 0 amide bonds. The largest absolute Gasteiger partial charge is 0.357 e. The van der Waals surface area contributed by atoms with Gasteiger partial charge >= 0.3 is 0 Å². The summed E-state index contributed by atoms with van der Waals surface area (Å²) in [5.74, 6) is 1.47. The van der Waals surface area contributed by atoms with Crippen molar-refractivity contribution in [2.75, 3.05) is 18.0 Å². The number of nitriles is 1. The molecule has 1 fully saturated rings. The molecule has 4 heteroatoms. The van der Waals surface area contributed by atoms with Gasteiger partial charge in [-0.1, -0.05) is 37.3 Å². The summed E-state index contributed by atoms with van der Waals surface area (Å²) in [7, 11) is 0.